The lowest BCUT2D eigenvalue weighted by Crippen LogP contribution is -2.08. The third kappa shape index (κ3) is 1.74. The van der Waals surface area contributed by atoms with Gasteiger partial charge in [-0.25, -0.2) is 10.9 Å². The number of nitrogens with two attached hydrogens (primary N) is 2. The van der Waals surface area contributed by atoms with Crippen LogP contribution in [0, 0.1) is 0 Å². The number of hydrogen-bond donors (Lipinski definition) is 4. The predicted molar refractivity (Wildman–Crippen MR) is 35.9 cm³/mol. The maximum Gasteiger partial charge on any atom is 0.257 e. The molecule has 0 radical (unpaired) electrons. The van der Waals surface area contributed by atoms with Crippen molar-refractivity contribution in [2.45, 2.75) is 0 Å². The number of hydrogen-bond acceptors (Lipinski definition) is 5. The van der Waals surface area contributed by atoms with E-state index in [9.17, 15) is 0 Å². The van der Waals surface area contributed by atoms with E-state index in [4.69, 9.17) is 11.6 Å². The lowest BCUT2D eigenvalue weighted by atomic mass is 11.0. The summed E-state index contributed by atoms with van der Waals surface area (Å²) in [7, 11) is 0. The highest BCUT2D eigenvalue weighted by Crippen LogP contribution is 1.93. The number of aromatic amines is 1. The number of rotatable bonds is 1. The van der Waals surface area contributed by atoms with Crippen molar-refractivity contribution in [2.24, 2.45) is 5.84 Å². The number of aromatic nitrogens is 3. The Balaban J connectivity index is 0.000000640. The van der Waals surface area contributed by atoms with Gasteiger partial charge in [-0.3, -0.25) is 5.43 Å². The average molecular weight is 151 g/mol. The number of nitrogens with one attached hydrogen (secondary N) is 2. The van der Waals surface area contributed by atoms with Crippen molar-refractivity contribution in [3.8, 4) is 0 Å². The van der Waals surface area contributed by atoms with Gasteiger partial charge in [-0.15, -0.1) is 17.5 Å². The minimum atomic E-state index is 0. The normalized spacial score (nSPS) is 8.11. The molecule has 7 heteroatoms. The Morgan fingerprint density at radius 2 is 2.22 bits per heavy atom. The summed E-state index contributed by atoms with van der Waals surface area (Å²) in [6, 6.07) is 0. The molecular weight excluding hydrogens is 144 g/mol. The van der Waals surface area contributed by atoms with Crippen molar-refractivity contribution in [3.05, 3.63) is 0 Å². The average Bonchev–Trinajstić information content (AvgIpc) is 2.14. The quantitative estimate of drug-likeness (QED) is 0.307. The van der Waals surface area contributed by atoms with Gasteiger partial charge in [0.15, 0.2) is 0 Å². The molecule has 0 aliphatic heterocycles. The van der Waals surface area contributed by atoms with Crippen LogP contribution in [0.3, 0.4) is 0 Å². The van der Waals surface area contributed by atoms with Gasteiger partial charge in [0.2, 0.25) is 5.95 Å². The van der Waals surface area contributed by atoms with Crippen LogP contribution in [0.4, 0.5) is 11.9 Å². The highest BCUT2D eigenvalue weighted by Gasteiger charge is 1.92. The van der Waals surface area contributed by atoms with Gasteiger partial charge in [-0.05, 0) is 0 Å². The van der Waals surface area contributed by atoms with Crippen LogP contribution in [0.2, 0.25) is 0 Å². The first-order valence-corrected chi connectivity index (χ1v) is 1.97. The molecule has 0 aliphatic carbocycles. The van der Waals surface area contributed by atoms with E-state index in [1.165, 1.54) is 0 Å². The van der Waals surface area contributed by atoms with Crippen LogP contribution in [0.25, 0.3) is 0 Å². The summed E-state index contributed by atoms with van der Waals surface area (Å²) in [5, 5.41) is 5.93. The summed E-state index contributed by atoms with van der Waals surface area (Å²) in [4.78, 5) is 3.60. The van der Waals surface area contributed by atoms with E-state index < -0.39 is 0 Å². The summed E-state index contributed by atoms with van der Waals surface area (Å²) < 4.78 is 0. The van der Waals surface area contributed by atoms with Crippen molar-refractivity contribution in [3.63, 3.8) is 0 Å². The summed E-state index contributed by atoms with van der Waals surface area (Å²) in [6.07, 6.45) is 0. The fraction of sp³-hybridized carbons (Fsp3) is 0. The number of nitrogens with zero attached hydrogens (tertiary/aromatic N) is 2. The molecule has 0 saturated heterocycles. The molecule has 52 valence electrons. The standard InChI is InChI=1S/C2H6N6.ClH/c3-1-5-2(6-4)8-7-1;/h4H2,(H4,3,5,6,7,8);1H. The van der Waals surface area contributed by atoms with Crippen LogP contribution in [-0.2, 0) is 0 Å². The van der Waals surface area contributed by atoms with Crippen LogP contribution in [-0.4, -0.2) is 15.2 Å². The highest BCUT2D eigenvalue weighted by atomic mass is 35.5. The maximum absolute atomic E-state index is 5.13. The van der Waals surface area contributed by atoms with E-state index in [0.717, 1.165) is 0 Å². The third-order valence-electron chi connectivity index (χ3n) is 0.632. The Hall–Kier alpha value is -1.01. The Kier molecular flexibility index (Phi) is 2.75. The number of anilines is 2. The van der Waals surface area contributed by atoms with Crippen LogP contribution in [0.1, 0.15) is 0 Å². The molecule has 0 aromatic carbocycles. The molecule has 1 heterocycles. The Morgan fingerprint density at radius 1 is 1.56 bits per heavy atom. The van der Waals surface area contributed by atoms with Gasteiger partial charge in [0.05, 0.1) is 0 Å². The molecular formula is C2H7ClN6. The lowest BCUT2D eigenvalue weighted by Gasteiger charge is -1.82. The topological polar surface area (TPSA) is 106 Å². The Labute approximate surface area is 57.4 Å². The molecule has 0 fully saturated rings. The third-order valence-corrected chi connectivity index (χ3v) is 0.632. The molecule has 0 amide bonds. The number of hydrazine groups is 1. The molecule has 6 N–H and O–H groups in total. The first kappa shape index (κ1) is 7.99. The first-order chi connectivity index (χ1) is 3.83. The Bertz CT molecular complexity index is 171. The van der Waals surface area contributed by atoms with E-state index in [2.05, 4.69) is 20.6 Å². The van der Waals surface area contributed by atoms with Crippen LogP contribution in [0.15, 0.2) is 0 Å². The smallest absolute Gasteiger partial charge is 0.257 e. The minimum absolute atomic E-state index is 0. The summed E-state index contributed by atoms with van der Waals surface area (Å²) in [5.41, 5.74) is 7.34. The van der Waals surface area contributed by atoms with Crippen LogP contribution in [0.5, 0.6) is 0 Å². The molecule has 0 atom stereocenters. The van der Waals surface area contributed by atoms with Crippen molar-refractivity contribution >= 4 is 24.3 Å². The van der Waals surface area contributed by atoms with Gasteiger partial charge < -0.3 is 5.73 Å². The lowest BCUT2D eigenvalue weighted by molar-refractivity contribution is 1.08. The van der Waals surface area contributed by atoms with Crippen LogP contribution >= 0.6 is 12.4 Å². The minimum Gasteiger partial charge on any atom is -0.368 e. The molecule has 0 unspecified atom stereocenters. The summed E-state index contributed by atoms with van der Waals surface area (Å²) in [6.45, 7) is 0. The van der Waals surface area contributed by atoms with Gasteiger partial charge in [-0.2, -0.15) is 4.98 Å². The van der Waals surface area contributed by atoms with E-state index in [1.807, 2.05) is 0 Å². The zero-order chi connectivity index (χ0) is 5.98. The van der Waals surface area contributed by atoms with Crippen molar-refractivity contribution in [1.29, 1.82) is 0 Å². The molecule has 1 rings (SSSR count). The zero-order valence-corrected chi connectivity index (χ0v) is 5.27. The first-order valence-electron chi connectivity index (χ1n) is 1.97. The second-order valence-electron chi connectivity index (χ2n) is 1.19. The van der Waals surface area contributed by atoms with E-state index in [1.54, 1.807) is 0 Å². The summed E-state index contributed by atoms with van der Waals surface area (Å²) in [5.74, 6) is 5.45. The van der Waals surface area contributed by atoms with Gasteiger partial charge in [0, 0.05) is 0 Å². The van der Waals surface area contributed by atoms with Gasteiger partial charge in [0.25, 0.3) is 5.95 Å². The Morgan fingerprint density at radius 3 is 2.44 bits per heavy atom. The molecule has 0 saturated carbocycles. The number of H-pyrrole nitrogens is 1. The van der Waals surface area contributed by atoms with Gasteiger partial charge in [0.1, 0.15) is 0 Å². The monoisotopic (exact) mass is 150 g/mol. The second kappa shape index (κ2) is 3.10. The SMILES string of the molecule is Cl.NNc1n[nH]c(N)n1. The molecule has 0 bridgehead atoms. The fourth-order valence-corrected chi connectivity index (χ4v) is 0.339. The molecule has 0 spiro atoms. The molecule has 1 aromatic rings. The van der Waals surface area contributed by atoms with Gasteiger partial charge in [-0.1, -0.05) is 0 Å². The molecule has 6 nitrogen and oxygen atoms in total. The number of halogens is 1. The predicted octanol–water partition coefficient (Wildman–Crippen LogP) is -0.906. The van der Waals surface area contributed by atoms with Crippen molar-refractivity contribution in [1.82, 2.24) is 15.2 Å². The molecule has 9 heavy (non-hydrogen) atoms. The van der Waals surface area contributed by atoms with E-state index >= 15 is 0 Å². The molecule has 0 aliphatic rings. The maximum atomic E-state index is 5.13. The zero-order valence-electron chi connectivity index (χ0n) is 4.46. The fourth-order valence-electron chi connectivity index (χ4n) is 0.339. The summed E-state index contributed by atoms with van der Waals surface area (Å²) >= 11 is 0. The highest BCUT2D eigenvalue weighted by molar-refractivity contribution is 5.85. The van der Waals surface area contributed by atoms with E-state index in [0.29, 0.717) is 5.95 Å². The van der Waals surface area contributed by atoms with Crippen molar-refractivity contribution in [2.75, 3.05) is 11.2 Å². The van der Waals surface area contributed by atoms with Crippen molar-refractivity contribution < 1.29 is 0 Å². The second-order valence-corrected chi connectivity index (χ2v) is 1.19. The largest absolute Gasteiger partial charge is 0.368 e. The molecule has 1 aromatic heterocycles. The number of nitrogen functional groups attached to an aromatic ring is 2. The van der Waals surface area contributed by atoms with E-state index in [-0.39, 0.29) is 18.4 Å². The van der Waals surface area contributed by atoms with Crippen LogP contribution < -0.4 is 17.0 Å². The van der Waals surface area contributed by atoms with Gasteiger partial charge >= 0.3 is 0 Å².